The van der Waals surface area contributed by atoms with Crippen molar-refractivity contribution in [2.45, 2.75) is 12.8 Å². The summed E-state index contributed by atoms with van der Waals surface area (Å²) in [6.45, 7) is 0.953. The second-order valence-electron chi connectivity index (χ2n) is 6.00. The molecule has 1 aliphatic rings. The Kier molecular flexibility index (Phi) is 5.14. The van der Waals surface area contributed by atoms with Crippen molar-refractivity contribution in [3.8, 4) is 0 Å². The maximum Gasteiger partial charge on any atom is 0.265 e. The molecule has 2 aromatic rings. The van der Waals surface area contributed by atoms with Crippen molar-refractivity contribution in [2.24, 2.45) is 11.7 Å². The van der Waals surface area contributed by atoms with Gasteiger partial charge in [0.05, 0.1) is 10.8 Å². The smallest absolute Gasteiger partial charge is 0.265 e. The van der Waals surface area contributed by atoms with Crippen LogP contribution in [0.1, 0.15) is 32.9 Å². The van der Waals surface area contributed by atoms with E-state index in [2.05, 4.69) is 5.32 Å². The first kappa shape index (κ1) is 17.2. The number of amides is 3. The summed E-state index contributed by atoms with van der Waals surface area (Å²) in [5.74, 6) is -1.02. The molecule has 3 rings (SSSR count). The SMILES string of the molecule is NC(=O)[C@H]1CCCN(C(=O)c2cccc(NC(=O)c3cccs3)c2)C1. The predicted molar refractivity (Wildman–Crippen MR) is 96.5 cm³/mol. The Morgan fingerprint density at radius 3 is 2.76 bits per heavy atom. The summed E-state index contributed by atoms with van der Waals surface area (Å²) in [7, 11) is 0. The molecule has 0 unspecified atom stereocenters. The van der Waals surface area contributed by atoms with Crippen LogP contribution >= 0.6 is 11.3 Å². The number of rotatable bonds is 4. The summed E-state index contributed by atoms with van der Waals surface area (Å²) >= 11 is 1.36. The molecule has 1 fully saturated rings. The van der Waals surface area contributed by atoms with Gasteiger partial charge < -0.3 is 16.0 Å². The number of nitrogens with two attached hydrogens (primary N) is 1. The Balaban J connectivity index is 1.71. The van der Waals surface area contributed by atoms with Crippen LogP contribution in [0.25, 0.3) is 0 Å². The van der Waals surface area contributed by atoms with E-state index in [-0.39, 0.29) is 23.6 Å². The third-order valence-corrected chi connectivity index (χ3v) is 5.09. The van der Waals surface area contributed by atoms with E-state index in [1.165, 1.54) is 11.3 Å². The molecule has 1 aromatic carbocycles. The summed E-state index contributed by atoms with van der Waals surface area (Å²) in [5.41, 5.74) is 6.41. The number of hydrogen-bond donors (Lipinski definition) is 2. The molecule has 0 saturated carbocycles. The molecule has 1 saturated heterocycles. The van der Waals surface area contributed by atoms with Gasteiger partial charge in [0.1, 0.15) is 0 Å². The number of nitrogens with zero attached hydrogens (tertiary/aromatic N) is 1. The highest BCUT2D eigenvalue weighted by molar-refractivity contribution is 7.12. The van der Waals surface area contributed by atoms with Crippen LogP contribution in [0.4, 0.5) is 5.69 Å². The van der Waals surface area contributed by atoms with Crippen molar-refractivity contribution in [3.05, 3.63) is 52.2 Å². The predicted octanol–water partition coefficient (Wildman–Crippen LogP) is 2.34. The number of likely N-dealkylation sites (tertiary alicyclic amines) is 1. The summed E-state index contributed by atoms with van der Waals surface area (Å²) in [5, 5.41) is 4.63. The number of hydrogen-bond acceptors (Lipinski definition) is 4. The zero-order chi connectivity index (χ0) is 17.8. The summed E-state index contributed by atoms with van der Waals surface area (Å²) in [6.07, 6.45) is 1.48. The van der Waals surface area contributed by atoms with E-state index >= 15 is 0 Å². The van der Waals surface area contributed by atoms with Crippen molar-refractivity contribution < 1.29 is 14.4 Å². The highest BCUT2D eigenvalue weighted by Gasteiger charge is 2.27. The zero-order valence-corrected chi connectivity index (χ0v) is 14.4. The minimum Gasteiger partial charge on any atom is -0.369 e. The molecule has 1 aliphatic heterocycles. The number of thiophene rings is 1. The number of anilines is 1. The molecule has 1 atom stereocenters. The lowest BCUT2D eigenvalue weighted by molar-refractivity contribution is -0.123. The molecular weight excluding hydrogens is 338 g/mol. The lowest BCUT2D eigenvalue weighted by Gasteiger charge is -2.31. The molecule has 25 heavy (non-hydrogen) atoms. The van der Waals surface area contributed by atoms with E-state index < -0.39 is 0 Å². The number of piperidine rings is 1. The van der Waals surface area contributed by atoms with Crippen molar-refractivity contribution >= 4 is 34.7 Å². The number of benzene rings is 1. The molecule has 0 spiro atoms. The van der Waals surface area contributed by atoms with E-state index in [0.717, 1.165) is 12.8 Å². The monoisotopic (exact) mass is 357 g/mol. The van der Waals surface area contributed by atoms with Crippen molar-refractivity contribution in [3.63, 3.8) is 0 Å². The number of nitrogens with one attached hydrogen (secondary N) is 1. The first-order valence-electron chi connectivity index (χ1n) is 8.08. The average molecular weight is 357 g/mol. The van der Waals surface area contributed by atoms with Crippen molar-refractivity contribution in [2.75, 3.05) is 18.4 Å². The maximum absolute atomic E-state index is 12.7. The van der Waals surface area contributed by atoms with E-state index in [0.29, 0.717) is 29.2 Å². The minimum atomic E-state index is -0.366. The fraction of sp³-hybridized carbons (Fsp3) is 0.278. The van der Waals surface area contributed by atoms with Gasteiger partial charge in [0, 0.05) is 24.3 Å². The van der Waals surface area contributed by atoms with E-state index in [1.54, 1.807) is 35.2 Å². The van der Waals surface area contributed by atoms with Crippen LogP contribution in [0.15, 0.2) is 41.8 Å². The van der Waals surface area contributed by atoms with Crippen LogP contribution in [0.5, 0.6) is 0 Å². The van der Waals surface area contributed by atoms with E-state index in [1.807, 2.05) is 11.4 Å². The Labute approximate surface area is 149 Å². The van der Waals surface area contributed by atoms with E-state index in [4.69, 9.17) is 5.73 Å². The Morgan fingerprint density at radius 2 is 2.04 bits per heavy atom. The largest absolute Gasteiger partial charge is 0.369 e. The molecular formula is C18H19N3O3S. The molecule has 6 nitrogen and oxygen atoms in total. The molecule has 0 radical (unpaired) electrons. The van der Waals surface area contributed by atoms with Gasteiger partial charge in [0.2, 0.25) is 5.91 Å². The van der Waals surface area contributed by atoms with Crippen LogP contribution in [-0.4, -0.2) is 35.7 Å². The fourth-order valence-electron chi connectivity index (χ4n) is 2.91. The second-order valence-corrected chi connectivity index (χ2v) is 6.95. The van der Waals surface area contributed by atoms with Gasteiger partial charge in [-0.1, -0.05) is 12.1 Å². The molecule has 130 valence electrons. The molecule has 0 bridgehead atoms. The van der Waals surface area contributed by atoms with Gasteiger partial charge in [-0.05, 0) is 42.5 Å². The number of primary amides is 1. The Morgan fingerprint density at radius 1 is 1.20 bits per heavy atom. The molecule has 7 heteroatoms. The van der Waals surface area contributed by atoms with Crippen LogP contribution in [0.2, 0.25) is 0 Å². The van der Waals surface area contributed by atoms with Gasteiger partial charge in [-0.25, -0.2) is 0 Å². The van der Waals surface area contributed by atoms with Gasteiger partial charge in [-0.15, -0.1) is 11.3 Å². The highest BCUT2D eigenvalue weighted by Crippen LogP contribution is 2.20. The normalized spacial score (nSPS) is 17.1. The number of carbonyl (C=O) groups excluding carboxylic acids is 3. The lowest BCUT2D eigenvalue weighted by atomic mass is 9.97. The molecule has 2 heterocycles. The van der Waals surface area contributed by atoms with Gasteiger partial charge >= 0.3 is 0 Å². The molecule has 3 N–H and O–H groups in total. The van der Waals surface area contributed by atoms with Crippen LogP contribution in [-0.2, 0) is 4.79 Å². The van der Waals surface area contributed by atoms with Gasteiger partial charge in [0.25, 0.3) is 11.8 Å². The average Bonchev–Trinajstić information content (AvgIpc) is 3.16. The van der Waals surface area contributed by atoms with Gasteiger partial charge in [-0.3, -0.25) is 14.4 Å². The quantitative estimate of drug-likeness (QED) is 0.879. The highest BCUT2D eigenvalue weighted by atomic mass is 32.1. The lowest BCUT2D eigenvalue weighted by Crippen LogP contribution is -2.44. The first-order valence-corrected chi connectivity index (χ1v) is 8.96. The van der Waals surface area contributed by atoms with Gasteiger partial charge in [-0.2, -0.15) is 0 Å². The number of carbonyl (C=O) groups is 3. The van der Waals surface area contributed by atoms with E-state index in [9.17, 15) is 14.4 Å². The summed E-state index contributed by atoms with van der Waals surface area (Å²) in [6, 6.07) is 10.4. The molecule has 1 aromatic heterocycles. The van der Waals surface area contributed by atoms with Crippen LogP contribution < -0.4 is 11.1 Å². The summed E-state index contributed by atoms with van der Waals surface area (Å²) in [4.78, 5) is 38.5. The van der Waals surface area contributed by atoms with Crippen LogP contribution in [0, 0.1) is 5.92 Å². The van der Waals surface area contributed by atoms with Gasteiger partial charge in [0.15, 0.2) is 0 Å². The Bertz CT molecular complexity index is 789. The van der Waals surface area contributed by atoms with Crippen LogP contribution in [0.3, 0.4) is 0 Å². The fourth-order valence-corrected chi connectivity index (χ4v) is 3.53. The first-order chi connectivity index (χ1) is 12.0. The zero-order valence-electron chi connectivity index (χ0n) is 13.6. The maximum atomic E-state index is 12.7. The third-order valence-electron chi connectivity index (χ3n) is 4.22. The third kappa shape index (κ3) is 4.06. The molecule has 3 amide bonds. The minimum absolute atomic E-state index is 0.154. The van der Waals surface area contributed by atoms with Crippen molar-refractivity contribution in [1.82, 2.24) is 4.90 Å². The topological polar surface area (TPSA) is 92.5 Å². The Hall–Kier alpha value is -2.67. The van der Waals surface area contributed by atoms with Crippen molar-refractivity contribution in [1.29, 1.82) is 0 Å². The summed E-state index contributed by atoms with van der Waals surface area (Å²) < 4.78 is 0. The second kappa shape index (κ2) is 7.48. The standard InChI is InChI=1S/C18H19N3O3S/c19-16(22)13-5-2-8-21(11-13)18(24)12-4-1-6-14(10-12)20-17(23)15-7-3-9-25-15/h1,3-4,6-7,9-10,13H,2,5,8,11H2,(H2,19,22)(H,20,23)/t13-/m0/s1. The molecule has 0 aliphatic carbocycles.